The number of thioether (sulfide) groups is 2. The quantitative estimate of drug-likeness (QED) is 0.0585. The van der Waals surface area contributed by atoms with Gasteiger partial charge in [0.2, 0.25) is 0 Å². The first-order valence-corrected chi connectivity index (χ1v) is 18.7. The summed E-state index contributed by atoms with van der Waals surface area (Å²) in [7, 11) is 0. The van der Waals surface area contributed by atoms with E-state index in [4.69, 9.17) is 0 Å². The number of para-hydroxylation sites is 2. The van der Waals surface area contributed by atoms with Gasteiger partial charge < -0.3 is 10.6 Å². The Hall–Kier alpha value is -4.84. The van der Waals surface area contributed by atoms with Crippen LogP contribution >= 0.6 is 34.9 Å². The average molecular weight is 707 g/mol. The summed E-state index contributed by atoms with van der Waals surface area (Å²) < 4.78 is 2.02. The molecule has 49 heavy (non-hydrogen) atoms. The van der Waals surface area contributed by atoms with Crippen LogP contribution in [-0.4, -0.2) is 36.8 Å². The topological polar surface area (TPSA) is 107 Å². The molecule has 0 aliphatic rings. The smallest absolute Gasteiger partial charge is 0.273 e. The lowest BCUT2D eigenvalue weighted by molar-refractivity contribution is 0.0948. The van der Waals surface area contributed by atoms with Crippen molar-refractivity contribution < 1.29 is 9.59 Å². The van der Waals surface area contributed by atoms with Crippen molar-refractivity contribution in [3.63, 3.8) is 0 Å². The molecule has 1 heterocycles. The van der Waals surface area contributed by atoms with Crippen LogP contribution in [0.5, 0.6) is 0 Å². The molecule has 0 aliphatic carbocycles. The molecular weight excluding hydrogens is 669 g/mol. The van der Waals surface area contributed by atoms with Gasteiger partial charge in [0.05, 0.1) is 43.3 Å². The molecule has 250 valence electrons. The largest absolute Gasteiger partial charge is 0.355 e. The summed E-state index contributed by atoms with van der Waals surface area (Å²) in [5, 5.41) is 15.5. The van der Waals surface area contributed by atoms with Crippen molar-refractivity contribution >= 4 is 81.9 Å². The number of carbonyl (C=O) groups excluding carboxylic acids is 2. The maximum Gasteiger partial charge on any atom is 0.273 e. The van der Waals surface area contributed by atoms with Crippen molar-refractivity contribution in [1.82, 2.24) is 10.9 Å². The molecule has 11 heteroatoms. The molecule has 1 aromatic heterocycles. The molecule has 5 aromatic rings. The third kappa shape index (κ3) is 8.43. The van der Waals surface area contributed by atoms with E-state index in [9.17, 15) is 9.59 Å². The number of nitrogens with zero attached hydrogens (tertiary/aromatic N) is 2. The third-order valence-corrected chi connectivity index (χ3v) is 11.6. The third-order valence-electron chi connectivity index (χ3n) is 8.10. The van der Waals surface area contributed by atoms with Crippen molar-refractivity contribution in [2.75, 3.05) is 23.1 Å². The summed E-state index contributed by atoms with van der Waals surface area (Å²) in [4.78, 5) is 26.6. The number of aryl methyl sites for hydroxylation is 2. The van der Waals surface area contributed by atoms with E-state index in [0.29, 0.717) is 22.5 Å². The fourth-order valence-electron chi connectivity index (χ4n) is 5.04. The number of hydrogen-bond donors (Lipinski definition) is 4. The number of amides is 2. The summed E-state index contributed by atoms with van der Waals surface area (Å²) in [5.41, 5.74) is 15.7. The van der Waals surface area contributed by atoms with Crippen molar-refractivity contribution in [3.8, 4) is 0 Å². The molecule has 0 fully saturated rings. The number of rotatable bonds is 12. The number of carbonyl (C=O) groups is 2. The number of benzene rings is 4. The SMILES string of the molecule is CSc1sc(SC)c(/C=N\NC(=O)c2ccccc2Nc2cccc(C)c2C)c1/C=N\NC(=O)c1ccccc1Nc1cccc(C)c1C. The predicted molar refractivity (Wildman–Crippen MR) is 209 cm³/mol. The Balaban J connectivity index is 1.32. The lowest BCUT2D eigenvalue weighted by atomic mass is 10.1. The zero-order valence-corrected chi connectivity index (χ0v) is 30.6. The normalized spacial score (nSPS) is 11.2. The van der Waals surface area contributed by atoms with E-state index < -0.39 is 0 Å². The molecule has 4 aromatic carbocycles. The minimum absolute atomic E-state index is 0.341. The molecule has 8 nitrogen and oxygen atoms in total. The highest BCUT2D eigenvalue weighted by Crippen LogP contribution is 2.38. The Kier molecular flexibility index (Phi) is 12.0. The van der Waals surface area contributed by atoms with Gasteiger partial charge in [0.15, 0.2) is 0 Å². The number of nitrogens with one attached hydrogen (secondary N) is 4. The minimum atomic E-state index is -0.341. The molecular formula is C38H38N6O2S3. The second-order valence-corrected chi connectivity index (χ2v) is 14.3. The van der Waals surface area contributed by atoms with Gasteiger partial charge in [0.25, 0.3) is 11.8 Å². The monoisotopic (exact) mass is 706 g/mol. The van der Waals surface area contributed by atoms with E-state index in [0.717, 1.165) is 53.2 Å². The summed E-state index contributed by atoms with van der Waals surface area (Å²) in [5.74, 6) is -0.683. The number of hydrazone groups is 2. The summed E-state index contributed by atoms with van der Waals surface area (Å²) in [6.07, 6.45) is 7.24. The Labute approximate surface area is 299 Å². The van der Waals surface area contributed by atoms with Gasteiger partial charge in [-0.15, -0.1) is 34.9 Å². The molecule has 0 bridgehead atoms. The van der Waals surface area contributed by atoms with Gasteiger partial charge in [0.1, 0.15) is 0 Å². The van der Waals surface area contributed by atoms with Gasteiger partial charge in [-0.3, -0.25) is 9.59 Å². The van der Waals surface area contributed by atoms with Crippen molar-refractivity contribution in [2.45, 2.75) is 36.1 Å². The molecule has 0 radical (unpaired) electrons. The van der Waals surface area contributed by atoms with Crippen LogP contribution in [0.1, 0.15) is 54.1 Å². The molecule has 0 saturated carbocycles. The average Bonchev–Trinajstić information content (AvgIpc) is 3.45. The first-order valence-electron chi connectivity index (χ1n) is 15.5. The highest BCUT2D eigenvalue weighted by atomic mass is 32.2. The van der Waals surface area contributed by atoms with Crippen LogP contribution in [0.4, 0.5) is 22.7 Å². The number of anilines is 4. The fourth-order valence-corrected chi connectivity index (χ4v) is 7.84. The van der Waals surface area contributed by atoms with Crippen LogP contribution in [-0.2, 0) is 0 Å². The standard InChI is InChI=1S/C38H38N6O2S3/c1-23-13-11-19-31(25(23)3)41-33-17-9-7-15-27(33)35(45)43-39-21-29-30(38(48-6)49-37(29)47-5)22-40-44-36(46)28-16-8-10-18-34(28)42-32-20-12-14-24(2)26(32)4/h7-22,41-42H,1-6H3,(H,43,45)(H,44,46)/b39-21-,40-22-. The second kappa shape index (κ2) is 16.5. The minimum Gasteiger partial charge on any atom is -0.355 e. The van der Waals surface area contributed by atoms with E-state index >= 15 is 0 Å². The van der Waals surface area contributed by atoms with Gasteiger partial charge in [-0.2, -0.15) is 10.2 Å². The maximum absolute atomic E-state index is 13.3. The lowest BCUT2D eigenvalue weighted by Gasteiger charge is -2.14. The highest BCUT2D eigenvalue weighted by molar-refractivity contribution is 8.02. The van der Waals surface area contributed by atoms with Crippen molar-refractivity contribution in [3.05, 3.63) is 129 Å². The summed E-state index contributed by atoms with van der Waals surface area (Å²) in [6.45, 7) is 8.21. The summed E-state index contributed by atoms with van der Waals surface area (Å²) in [6, 6.07) is 26.8. The Morgan fingerprint density at radius 1 is 0.571 bits per heavy atom. The molecule has 4 N–H and O–H groups in total. The zero-order chi connectivity index (χ0) is 34.9. The first kappa shape index (κ1) is 35.5. The van der Waals surface area contributed by atoms with Crippen molar-refractivity contribution in [1.29, 1.82) is 0 Å². The number of thiophene rings is 1. The van der Waals surface area contributed by atoms with Crippen LogP contribution in [0.25, 0.3) is 0 Å². The Morgan fingerprint density at radius 2 is 0.959 bits per heavy atom. The predicted octanol–water partition coefficient (Wildman–Crippen LogP) is 9.44. The Bertz CT molecular complexity index is 1910. The fraction of sp³-hybridized carbons (Fsp3) is 0.158. The molecule has 0 aliphatic heterocycles. The summed E-state index contributed by atoms with van der Waals surface area (Å²) >= 11 is 4.77. The molecule has 0 unspecified atom stereocenters. The van der Waals surface area contributed by atoms with E-state index in [1.54, 1.807) is 59.4 Å². The van der Waals surface area contributed by atoms with Gasteiger partial charge in [0, 0.05) is 22.5 Å². The lowest BCUT2D eigenvalue weighted by Crippen LogP contribution is -2.19. The van der Waals surface area contributed by atoms with Gasteiger partial charge in [-0.25, -0.2) is 10.9 Å². The zero-order valence-electron chi connectivity index (χ0n) is 28.2. The van der Waals surface area contributed by atoms with Gasteiger partial charge in [-0.1, -0.05) is 48.5 Å². The highest BCUT2D eigenvalue weighted by Gasteiger charge is 2.17. The van der Waals surface area contributed by atoms with Crippen molar-refractivity contribution in [2.24, 2.45) is 10.2 Å². The van der Waals surface area contributed by atoms with E-state index in [-0.39, 0.29) is 11.8 Å². The first-order chi connectivity index (χ1) is 23.7. The van der Waals surface area contributed by atoms with Gasteiger partial charge >= 0.3 is 0 Å². The van der Waals surface area contributed by atoms with Crippen LogP contribution in [0.2, 0.25) is 0 Å². The molecule has 0 atom stereocenters. The van der Waals surface area contributed by atoms with E-state index in [1.165, 1.54) is 0 Å². The van der Waals surface area contributed by atoms with Gasteiger partial charge in [-0.05, 0) is 98.9 Å². The molecule has 0 saturated heterocycles. The van der Waals surface area contributed by atoms with Crippen LogP contribution in [0.3, 0.4) is 0 Å². The molecule has 2 amide bonds. The van der Waals surface area contributed by atoms with E-state index in [2.05, 4.69) is 57.7 Å². The molecule has 5 rings (SSSR count). The van der Waals surface area contributed by atoms with Crippen LogP contribution in [0.15, 0.2) is 104 Å². The van der Waals surface area contributed by atoms with E-state index in [1.807, 2.05) is 87.0 Å². The van der Waals surface area contributed by atoms with Crippen LogP contribution in [0, 0.1) is 27.7 Å². The Morgan fingerprint density at radius 3 is 1.37 bits per heavy atom. The van der Waals surface area contributed by atoms with Crippen LogP contribution < -0.4 is 21.5 Å². The second-order valence-electron chi connectivity index (χ2n) is 11.1. The molecule has 0 spiro atoms. The maximum atomic E-state index is 13.3. The number of hydrogen-bond acceptors (Lipinski definition) is 9.